The number of aliphatic carboxylic acids is 1. The van der Waals surface area contributed by atoms with Crippen molar-refractivity contribution in [3.8, 4) is 0 Å². The quantitative estimate of drug-likeness (QED) is 0.623. The molecule has 6 nitrogen and oxygen atoms in total. The summed E-state index contributed by atoms with van der Waals surface area (Å²) < 4.78 is 5.49. The second-order valence-corrected chi connectivity index (χ2v) is 5.35. The normalized spacial score (nSPS) is 18.3. The monoisotopic (exact) mass is 272 g/mol. The highest BCUT2D eigenvalue weighted by atomic mass is 16.5. The van der Waals surface area contributed by atoms with Gasteiger partial charge in [-0.05, 0) is 38.3 Å². The number of piperidine rings is 1. The number of hydrogen-bond acceptors (Lipinski definition) is 4. The minimum Gasteiger partial charge on any atom is -0.480 e. The third-order valence-corrected chi connectivity index (χ3v) is 3.08. The molecular weight excluding hydrogens is 248 g/mol. The van der Waals surface area contributed by atoms with Crippen LogP contribution in [0.5, 0.6) is 0 Å². The van der Waals surface area contributed by atoms with Crippen LogP contribution in [0, 0.1) is 5.92 Å². The SMILES string of the molecule is CC(C)CC(NC(=O)COC1CCNCC1)C(=O)O. The number of carboxylic acid groups (broad SMARTS) is 1. The van der Waals surface area contributed by atoms with Crippen LogP contribution in [0.15, 0.2) is 0 Å². The van der Waals surface area contributed by atoms with Gasteiger partial charge in [0.1, 0.15) is 12.6 Å². The molecule has 0 aliphatic carbocycles. The van der Waals surface area contributed by atoms with Crippen molar-refractivity contribution in [2.24, 2.45) is 5.92 Å². The maximum Gasteiger partial charge on any atom is 0.326 e. The van der Waals surface area contributed by atoms with Gasteiger partial charge in [-0.1, -0.05) is 13.8 Å². The second-order valence-electron chi connectivity index (χ2n) is 5.35. The van der Waals surface area contributed by atoms with Crippen LogP contribution >= 0.6 is 0 Å². The number of rotatable bonds is 7. The van der Waals surface area contributed by atoms with E-state index in [1.165, 1.54) is 0 Å². The molecule has 1 atom stereocenters. The zero-order chi connectivity index (χ0) is 14.3. The number of nitrogens with one attached hydrogen (secondary N) is 2. The lowest BCUT2D eigenvalue weighted by atomic mass is 10.0. The maximum absolute atomic E-state index is 11.7. The number of hydrogen-bond donors (Lipinski definition) is 3. The van der Waals surface area contributed by atoms with Crippen LogP contribution < -0.4 is 10.6 Å². The first kappa shape index (κ1) is 15.9. The van der Waals surface area contributed by atoms with Gasteiger partial charge in [0.2, 0.25) is 5.91 Å². The lowest BCUT2D eigenvalue weighted by Gasteiger charge is -2.23. The van der Waals surface area contributed by atoms with E-state index >= 15 is 0 Å². The fraction of sp³-hybridized carbons (Fsp3) is 0.846. The summed E-state index contributed by atoms with van der Waals surface area (Å²) in [5, 5.41) is 14.7. The van der Waals surface area contributed by atoms with Gasteiger partial charge in [0.15, 0.2) is 0 Å². The smallest absolute Gasteiger partial charge is 0.326 e. The summed E-state index contributed by atoms with van der Waals surface area (Å²) in [4.78, 5) is 22.7. The molecule has 1 fully saturated rings. The Morgan fingerprint density at radius 2 is 2.00 bits per heavy atom. The van der Waals surface area contributed by atoms with Crippen molar-refractivity contribution in [1.82, 2.24) is 10.6 Å². The van der Waals surface area contributed by atoms with Gasteiger partial charge in [0, 0.05) is 0 Å². The Morgan fingerprint density at radius 3 is 2.53 bits per heavy atom. The van der Waals surface area contributed by atoms with E-state index < -0.39 is 12.0 Å². The predicted molar refractivity (Wildman–Crippen MR) is 70.9 cm³/mol. The van der Waals surface area contributed by atoms with Crippen LogP contribution in [0.3, 0.4) is 0 Å². The van der Waals surface area contributed by atoms with E-state index in [9.17, 15) is 9.59 Å². The fourth-order valence-corrected chi connectivity index (χ4v) is 2.08. The second kappa shape index (κ2) is 8.12. The molecule has 110 valence electrons. The van der Waals surface area contributed by atoms with Gasteiger partial charge in [-0.2, -0.15) is 0 Å². The summed E-state index contributed by atoms with van der Waals surface area (Å²) in [6.45, 7) is 5.59. The summed E-state index contributed by atoms with van der Waals surface area (Å²) in [7, 11) is 0. The van der Waals surface area contributed by atoms with E-state index in [0.717, 1.165) is 25.9 Å². The van der Waals surface area contributed by atoms with E-state index in [4.69, 9.17) is 9.84 Å². The first-order chi connectivity index (χ1) is 8.99. The van der Waals surface area contributed by atoms with Crippen molar-refractivity contribution in [2.75, 3.05) is 19.7 Å². The minimum absolute atomic E-state index is 0.0630. The van der Waals surface area contributed by atoms with Gasteiger partial charge in [0.25, 0.3) is 0 Å². The van der Waals surface area contributed by atoms with Gasteiger partial charge >= 0.3 is 5.97 Å². The third-order valence-electron chi connectivity index (χ3n) is 3.08. The van der Waals surface area contributed by atoms with Crippen molar-refractivity contribution >= 4 is 11.9 Å². The largest absolute Gasteiger partial charge is 0.480 e. The molecule has 1 unspecified atom stereocenters. The van der Waals surface area contributed by atoms with E-state index in [0.29, 0.717) is 6.42 Å². The Hall–Kier alpha value is -1.14. The predicted octanol–water partition coefficient (Wildman–Crippen LogP) is 0.371. The van der Waals surface area contributed by atoms with Gasteiger partial charge in [0.05, 0.1) is 6.10 Å². The lowest BCUT2D eigenvalue weighted by Crippen LogP contribution is -2.44. The molecule has 0 aromatic carbocycles. The number of carboxylic acids is 1. The molecule has 0 aromatic heterocycles. The molecule has 1 saturated heterocycles. The molecule has 1 rings (SSSR count). The molecule has 0 spiro atoms. The number of ether oxygens (including phenoxy) is 1. The summed E-state index contributed by atoms with van der Waals surface area (Å²) in [6.07, 6.45) is 2.30. The standard InChI is InChI=1S/C13H24N2O4/c1-9(2)7-11(13(17)18)15-12(16)8-19-10-3-5-14-6-4-10/h9-11,14H,3-8H2,1-2H3,(H,15,16)(H,17,18). The van der Waals surface area contributed by atoms with Gasteiger partial charge < -0.3 is 20.5 Å². The van der Waals surface area contributed by atoms with Crippen molar-refractivity contribution in [2.45, 2.75) is 45.3 Å². The summed E-state index contributed by atoms with van der Waals surface area (Å²) in [5.41, 5.74) is 0. The number of carbonyl (C=O) groups is 2. The first-order valence-electron chi connectivity index (χ1n) is 6.83. The Bertz CT molecular complexity index is 301. The molecule has 0 radical (unpaired) electrons. The van der Waals surface area contributed by atoms with Crippen molar-refractivity contribution < 1.29 is 19.4 Å². The molecular formula is C13H24N2O4. The summed E-state index contributed by atoms with van der Waals surface area (Å²) >= 11 is 0. The highest BCUT2D eigenvalue weighted by Gasteiger charge is 2.22. The molecule has 1 heterocycles. The molecule has 3 N–H and O–H groups in total. The minimum atomic E-state index is -0.996. The van der Waals surface area contributed by atoms with Crippen LogP contribution in [0.2, 0.25) is 0 Å². The first-order valence-corrected chi connectivity index (χ1v) is 6.83. The Balaban J connectivity index is 2.29. The Morgan fingerprint density at radius 1 is 1.37 bits per heavy atom. The zero-order valence-electron chi connectivity index (χ0n) is 11.6. The van der Waals surface area contributed by atoms with Crippen LogP contribution in [0.4, 0.5) is 0 Å². The summed E-state index contributed by atoms with van der Waals surface area (Å²) in [5.74, 6) is -1.14. The molecule has 0 aromatic rings. The van der Waals surface area contributed by atoms with Crippen molar-refractivity contribution in [1.29, 1.82) is 0 Å². The van der Waals surface area contributed by atoms with Gasteiger partial charge in [-0.15, -0.1) is 0 Å². The average Bonchev–Trinajstić information content (AvgIpc) is 2.36. The van der Waals surface area contributed by atoms with E-state index in [1.807, 2.05) is 13.8 Å². The number of carbonyl (C=O) groups excluding carboxylic acids is 1. The van der Waals surface area contributed by atoms with E-state index in [-0.39, 0.29) is 24.5 Å². The maximum atomic E-state index is 11.7. The molecule has 6 heteroatoms. The van der Waals surface area contributed by atoms with Crippen LogP contribution in [-0.2, 0) is 14.3 Å². The van der Waals surface area contributed by atoms with Crippen LogP contribution in [0.25, 0.3) is 0 Å². The Labute approximate surface area is 113 Å². The number of amides is 1. The van der Waals surface area contributed by atoms with Gasteiger partial charge in [-0.3, -0.25) is 4.79 Å². The van der Waals surface area contributed by atoms with Crippen LogP contribution in [0.1, 0.15) is 33.1 Å². The molecule has 1 amide bonds. The molecule has 1 aliphatic rings. The average molecular weight is 272 g/mol. The van der Waals surface area contributed by atoms with E-state index in [2.05, 4.69) is 10.6 Å². The Kier molecular flexibility index (Phi) is 6.80. The van der Waals surface area contributed by atoms with Crippen molar-refractivity contribution in [3.63, 3.8) is 0 Å². The van der Waals surface area contributed by atoms with Gasteiger partial charge in [-0.25, -0.2) is 4.79 Å². The van der Waals surface area contributed by atoms with Crippen molar-refractivity contribution in [3.05, 3.63) is 0 Å². The highest BCUT2D eigenvalue weighted by Crippen LogP contribution is 2.07. The lowest BCUT2D eigenvalue weighted by molar-refractivity contribution is -0.143. The fourth-order valence-electron chi connectivity index (χ4n) is 2.08. The highest BCUT2D eigenvalue weighted by molar-refractivity contribution is 5.84. The molecule has 1 aliphatic heterocycles. The summed E-state index contributed by atoms with van der Waals surface area (Å²) in [6, 6.07) is -0.830. The van der Waals surface area contributed by atoms with Crippen LogP contribution in [-0.4, -0.2) is 48.8 Å². The molecule has 0 saturated carbocycles. The third kappa shape index (κ3) is 6.54. The molecule has 0 bridgehead atoms. The molecule has 19 heavy (non-hydrogen) atoms. The zero-order valence-corrected chi connectivity index (χ0v) is 11.6. The van der Waals surface area contributed by atoms with E-state index in [1.54, 1.807) is 0 Å². The topological polar surface area (TPSA) is 87.7 Å².